The molecule has 0 radical (unpaired) electrons. The molecule has 1 unspecified atom stereocenters. The van der Waals surface area contributed by atoms with Gasteiger partial charge in [0.15, 0.2) is 5.82 Å². The minimum atomic E-state index is -3.98. The molecule has 1 aromatic heterocycles. The van der Waals surface area contributed by atoms with Gasteiger partial charge in [0.2, 0.25) is 0 Å². The minimum absolute atomic E-state index is 0.121. The summed E-state index contributed by atoms with van der Waals surface area (Å²) in [7, 11) is -2.47. The van der Waals surface area contributed by atoms with Gasteiger partial charge in [-0.3, -0.25) is 4.72 Å². The van der Waals surface area contributed by atoms with E-state index in [-0.39, 0.29) is 16.6 Å². The number of rotatable bonds is 12. The van der Waals surface area contributed by atoms with Crippen LogP contribution in [0.5, 0.6) is 5.75 Å². The number of allylic oxidation sites excluding steroid dienone is 1. The van der Waals surface area contributed by atoms with Gasteiger partial charge in [-0.05, 0) is 56.0 Å². The van der Waals surface area contributed by atoms with Crippen molar-refractivity contribution in [1.29, 1.82) is 0 Å². The Morgan fingerprint density at radius 1 is 1.09 bits per heavy atom. The predicted molar refractivity (Wildman–Crippen MR) is 142 cm³/mol. The molecule has 188 valence electrons. The Morgan fingerprint density at radius 3 is 2.49 bits per heavy atom. The molecular weight excluding hydrogens is 460 g/mol. The molecule has 0 spiro atoms. The first-order valence-electron chi connectivity index (χ1n) is 12.1. The number of unbranched alkanes of at least 4 members (excludes halogenated alkanes) is 3. The Hall–Kier alpha value is -3.06. The fraction of sp³-hybridized carbons (Fsp3) is 0.393. The lowest BCUT2D eigenvalue weighted by Crippen LogP contribution is -2.15. The number of hydrogen-bond donors (Lipinski definition) is 1. The zero-order chi connectivity index (χ0) is 25.6. The van der Waals surface area contributed by atoms with Crippen LogP contribution in [0, 0.1) is 20.8 Å². The minimum Gasteiger partial charge on any atom is -0.497 e. The number of nitrogens with one attached hydrogen (secondary N) is 1. The van der Waals surface area contributed by atoms with E-state index in [0.717, 1.165) is 24.0 Å². The highest BCUT2D eigenvalue weighted by Crippen LogP contribution is 2.37. The second-order valence-corrected chi connectivity index (χ2v) is 10.5. The molecule has 0 bridgehead atoms. The third-order valence-electron chi connectivity index (χ3n) is 6.59. The van der Waals surface area contributed by atoms with Crippen LogP contribution in [0.25, 0.3) is 11.1 Å². The molecule has 3 aromatic rings. The van der Waals surface area contributed by atoms with Gasteiger partial charge in [-0.15, -0.1) is 6.58 Å². The molecule has 2 aromatic carbocycles. The van der Waals surface area contributed by atoms with Crippen LogP contribution in [0.2, 0.25) is 0 Å². The lowest BCUT2D eigenvalue weighted by atomic mass is 9.86. The van der Waals surface area contributed by atoms with Gasteiger partial charge in [-0.2, -0.15) is 0 Å². The van der Waals surface area contributed by atoms with E-state index in [4.69, 9.17) is 9.26 Å². The zero-order valence-electron chi connectivity index (χ0n) is 21.3. The summed E-state index contributed by atoms with van der Waals surface area (Å²) in [5.74, 6) is 1.41. The van der Waals surface area contributed by atoms with Crippen LogP contribution < -0.4 is 9.46 Å². The maximum Gasteiger partial charge on any atom is 0.263 e. The molecular formula is C28H36N2O4S. The van der Waals surface area contributed by atoms with Crippen molar-refractivity contribution in [3.05, 3.63) is 71.5 Å². The lowest BCUT2D eigenvalue weighted by molar-refractivity contribution is 0.399. The number of anilines is 1. The fourth-order valence-corrected chi connectivity index (χ4v) is 5.60. The van der Waals surface area contributed by atoms with Crippen molar-refractivity contribution in [3.8, 4) is 16.9 Å². The Balaban J connectivity index is 2.06. The molecule has 3 rings (SSSR count). The van der Waals surface area contributed by atoms with Crippen molar-refractivity contribution in [2.45, 2.75) is 70.6 Å². The first-order valence-corrected chi connectivity index (χ1v) is 13.6. The van der Waals surface area contributed by atoms with Crippen LogP contribution in [-0.4, -0.2) is 20.7 Å². The zero-order valence-corrected chi connectivity index (χ0v) is 22.2. The normalized spacial score (nSPS) is 12.4. The number of benzene rings is 2. The molecule has 0 aliphatic heterocycles. The summed E-state index contributed by atoms with van der Waals surface area (Å²) in [5, 5.41) is 3.87. The molecule has 1 heterocycles. The van der Waals surface area contributed by atoms with Gasteiger partial charge in [0.25, 0.3) is 10.0 Å². The largest absolute Gasteiger partial charge is 0.497 e. The van der Waals surface area contributed by atoms with Gasteiger partial charge < -0.3 is 9.26 Å². The fourth-order valence-electron chi connectivity index (χ4n) is 4.31. The third kappa shape index (κ3) is 5.96. The van der Waals surface area contributed by atoms with Crippen molar-refractivity contribution in [2.75, 3.05) is 11.8 Å². The summed E-state index contributed by atoms with van der Waals surface area (Å²) in [6, 6.07) is 11.2. The first kappa shape index (κ1) is 26.5. The molecule has 6 nitrogen and oxygen atoms in total. The van der Waals surface area contributed by atoms with E-state index in [0.29, 0.717) is 22.6 Å². The van der Waals surface area contributed by atoms with Gasteiger partial charge in [-0.25, -0.2) is 8.42 Å². The van der Waals surface area contributed by atoms with Crippen LogP contribution in [0.1, 0.15) is 67.4 Å². The van der Waals surface area contributed by atoms with Crippen LogP contribution >= 0.6 is 0 Å². The molecule has 0 amide bonds. The highest BCUT2D eigenvalue weighted by molar-refractivity contribution is 7.92. The topological polar surface area (TPSA) is 81.4 Å². The lowest BCUT2D eigenvalue weighted by Gasteiger charge is -2.20. The van der Waals surface area contributed by atoms with E-state index in [2.05, 4.69) is 29.4 Å². The van der Waals surface area contributed by atoms with E-state index in [1.807, 2.05) is 25.1 Å². The average molecular weight is 497 g/mol. The number of hydrogen-bond acceptors (Lipinski definition) is 5. The van der Waals surface area contributed by atoms with E-state index in [9.17, 15) is 8.42 Å². The molecule has 0 fully saturated rings. The van der Waals surface area contributed by atoms with Crippen LogP contribution in [0.3, 0.4) is 0 Å². The van der Waals surface area contributed by atoms with E-state index in [1.165, 1.54) is 31.9 Å². The first-order chi connectivity index (χ1) is 16.7. The monoisotopic (exact) mass is 496 g/mol. The summed E-state index contributed by atoms with van der Waals surface area (Å²) in [4.78, 5) is 0.121. The Kier molecular flexibility index (Phi) is 8.78. The van der Waals surface area contributed by atoms with E-state index >= 15 is 0 Å². The third-order valence-corrected chi connectivity index (χ3v) is 7.96. The van der Waals surface area contributed by atoms with Gasteiger partial charge in [0.1, 0.15) is 11.5 Å². The number of sulfonamides is 1. The molecule has 35 heavy (non-hydrogen) atoms. The summed E-state index contributed by atoms with van der Waals surface area (Å²) < 4.78 is 40.2. The van der Waals surface area contributed by atoms with Gasteiger partial charge >= 0.3 is 0 Å². The molecule has 1 atom stereocenters. The number of nitrogens with zero attached hydrogens (tertiary/aromatic N) is 1. The Labute approximate surface area is 209 Å². The van der Waals surface area contributed by atoms with Crippen LogP contribution in [0.15, 0.2) is 58.5 Å². The van der Waals surface area contributed by atoms with Crippen molar-refractivity contribution in [2.24, 2.45) is 0 Å². The molecule has 0 saturated heterocycles. The summed E-state index contributed by atoms with van der Waals surface area (Å²) in [6.07, 6.45) is 7.79. The van der Waals surface area contributed by atoms with Gasteiger partial charge in [0.05, 0.1) is 12.0 Å². The van der Waals surface area contributed by atoms with E-state index in [1.54, 1.807) is 32.0 Å². The second-order valence-electron chi connectivity index (χ2n) is 8.89. The van der Waals surface area contributed by atoms with Crippen molar-refractivity contribution in [3.63, 3.8) is 0 Å². The van der Waals surface area contributed by atoms with Crippen LogP contribution in [0.4, 0.5) is 5.82 Å². The number of aryl methyl sites for hydroxylation is 1. The number of ether oxygens (including phenoxy) is 1. The highest BCUT2D eigenvalue weighted by Gasteiger charge is 2.25. The molecule has 0 aliphatic carbocycles. The molecule has 0 aliphatic rings. The van der Waals surface area contributed by atoms with Gasteiger partial charge in [0, 0.05) is 23.1 Å². The van der Waals surface area contributed by atoms with E-state index < -0.39 is 10.0 Å². The standard InChI is InChI=1S/C28H36N2O4S/c1-7-9-10-11-13-22(8-2)24-14-12-15-25(20(24)4)26-17-16-23(33-6)18-27(26)35(31,32)30-28-19(3)21(5)34-29-28/h8,12,14-18,22H,2,7,9-11,13H2,1,3-6H3,(H,29,30). The Bertz CT molecular complexity index is 1280. The average Bonchev–Trinajstić information content (AvgIpc) is 3.16. The highest BCUT2D eigenvalue weighted by atomic mass is 32.2. The smallest absolute Gasteiger partial charge is 0.263 e. The second kappa shape index (κ2) is 11.6. The molecule has 7 heteroatoms. The number of methoxy groups -OCH3 is 1. The van der Waals surface area contributed by atoms with Crippen molar-refractivity contribution >= 4 is 15.8 Å². The quantitative estimate of drug-likeness (QED) is 0.210. The van der Waals surface area contributed by atoms with Gasteiger partial charge in [-0.1, -0.05) is 62.0 Å². The SMILES string of the molecule is C=CC(CCCCCC)c1cccc(-c2ccc(OC)cc2S(=O)(=O)Nc2noc(C)c2C)c1C. The summed E-state index contributed by atoms with van der Waals surface area (Å²) >= 11 is 0. The summed E-state index contributed by atoms with van der Waals surface area (Å²) in [6.45, 7) is 11.8. The molecule has 1 N–H and O–H groups in total. The number of aromatic nitrogens is 1. The summed E-state index contributed by atoms with van der Waals surface area (Å²) in [5.41, 5.74) is 4.32. The maximum atomic E-state index is 13.6. The predicted octanol–water partition coefficient (Wildman–Crippen LogP) is 7.32. The molecule has 0 saturated carbocycles. The van der Waals surface area contributed by atoms with Crippen molar-refractivity contribution in [1.82, 2.24) is 5.16 Å². The van der Waals surface area contributed by atoms with Crippen LogP contribution in [-0.2, 0) is 10.0 Å². The maximum absolute atomic E-state index is 13.6. The van der Waals surface area contributed by atoms with Crippen molar-refractivity contribution < 1.29 is 17.7 Å². The Morgan fingerprint density at radius 2 is 1.86 bits per heavy atom.